The molecule has 0 amide bonds. The second-order valence-corrected chi connectivity index (χ2v) is 3.80. The standard InChI is InChI=1S/C10H18N4O2/c1-3-5-7-9-10(14(15)16)13(12-11-9)8-6-4-2/h3-8H2,1-2H3. The number of aryl methyl sites for hydroxylation is 2. The topological polar surface area (TPSA) is 73.8 Å². The molecule has 90 valence electrons. The molecule has 16 heavy (non-hydrogen) atoms. The number of nitrogens with zero attached hydrogens (tertiary/aromatic N) is 4. The molecule has 0 aliphatic heterocycles. The van der Waals surface area contributed by atoms with Crippen molar-refractivity contribution in [2.45, 2.75) is 52.5 Å². The lowest BCUT2D eigenvalue weighted by Crippen LogP contribution is -2.06. The summed E-state index contributed by atoms with van der Waals surface area (Å²) in [6.07, 6.45) is 4.42. The normalized spacial score (nSPS) is 10.6. The average molecular weight is 226 g/mol. The third kappa shape index (κ3) is 3.01. The molecule has 0 bridgehead atoms. The predicted octanol–water partition coefficient (Wildman–Crippen LogP) is 2.33. The van der Waals surface area contributed by atoms with Crippen molar-refractivity contribution >= 4 is 5.82 Å². The Kier molecular flexibility index (Phi) is 4.88. The summed E-state index contributed by atoms with van der Waals surface area (Å²) in [6, 6.07) is 0. The molecule has 0 aliphatic carbocycles. The van der Waals surface area contributed by atoms with Crippen molar-refractivity contribution in [1.82, 2.24) is 15.0 Å². The van der Waals surface area contributed by atoms with E-state index in [9.17, 15) is 10.1 Å². The van der Waals surface area contributed by atoms with Gasteiger partial charge in [-0.05, 0) is 17.8 Å². The maximum absolute atomic E-state index is 10.9. The van der Waals surface area contributed by atoms with Gasteiger partial charge >= 0.3 is 5.82 Å². The maximum atomic E-state index is 10.9. The van der Waals surface area contributed by atoms with Crippen molar-refractivity contribution in [3.63, 3.8) is 0 Å². The molecule has 0 atom stereocenters. The largest absolute Gasteiger partial charge is 0.368 e. The first-order valence-electron chi connectivity index (χ1n) is 5.77. The van der Waals surface area contributed by atoms with Crippen LogP contribution in [0.15, 0.2) is 0 Å². The van der Waals surface area contributed by atoms with E-state index in [-0.39, 0.29) is 10.7 Å². The van der Waals surface area contributed by atoms with Gasteiger partial charge in [0.15, 0.2) is 5.69 Å². The molecule has 6 nitrogen and oxygen atoms in total. The zero-order chi connectivity index (χ0) is 12.0. The first kappa shape index (κ1) is 12.6. The predicted molar refractivity (Wildman–Crippen MR) is 60.2 cm³/mol. The SMILES string of the molecule is CCCCc1nnn(CCCC)c1[N+](=O)[O-]. The minimum atomic E-state index is -0.374. The van der Waals surface area contributed by atoms with Gasteiger partial charge in [0.1, 0.15) is 6.54 Å². The Hall–Kier alpha value is -1.46. The van der Waals surface area contributed by atoms with E-state index in [1.54, 1.807) is 0 Å². The number of rotatable bonds is 7. The molecule has 0 unspecified atom stereocenters. The van der Waals surface area contributed by atoms with Crippen LogP contribution in [-0.4, -0.2) is 19.9 Å². The molecular weight excluding hydrogens is 208 g/mol. The van der Waals surface area contributed by atoms with Gasteiger partial charge in [-0.25, -0.2) is 0 Å². The second-order valence-electron chi connectivity index (χ2n) is 3.80. The van der Waals surface area contributed by atoms with E-state index in [1.165, 1.54) is 4.68 Å². The summed E-state index contributed by atoms with van der Waals surface area (Å²) in [5, 5.41) is 18.7. The highest BCUT2D eigenvalue weighted by Gasteiger charge is 2.22. The minimum Gasteiger partial charge on any atom is -0.358 e. The van der Waals surface area contributed by atoms with Gasteiger partial charge in [0.05, 0.1) is 0 Å². The van der Waals surface area contributed by atoms with Crippen molar-refractivity contribution in [2.24, 2.45) is 0 Å². The van der Waals surface area contributed by atoms with Crippen LogP contribution in [0.5, 0.6) is 0 Å². The molecule has 0 aliphatic rings. The molecule has 6 heteroatoms. The highest BCUT2D eigenvalue weighted by molar-refractivity contribution is 5.25. The van der Waals surface area contributed by atoms with Crippen molar-refractivity contribution in [2.75, 3.05) is 0 Å². The molecule has 1 aromatic rings. The monoisotopic (exact) mass is 226 g/mol. The Bertz CT molecular complexity index is 323. The fourth-order valence-corrected chi connectivity index (χ4v) is 1.51. The first-order valence-corrected chi connectivity index (χ1v) is 5.77. The molecule has 0 saturated carbocycles. The molecular formula is C10H18N4O2. The number of aromatic nitrogens is 3. The van der Waals surface area contributed by atoms with Gasteiger partial charge in [-0.15, -0.1) is 9.78 Å². The third-order valence-electron chi connectivity index (χ3n) is 2.44. The Morgan fingerprint density at radius 1 is 1.31 bits per heavy atom. The van der Waals surface area contributed by atoms with Crippen LogP contribution in [0.4, 0.5) is 5.82 Å². The number of unbranched alkanes of at least 4 members (excludes halogenated alkanes) is 2. The van der Waals surface area contributed by atoms with Crippen molar-refractivity contribution < 1.29 is 4.92 Å². The second kappa shape index (κ2) is 6.19. The van der Waals surface area contributed by atoms with E-state index in [4.69, 9.17) is 0 Å². The van der Waals surface area contributed by atoms with Crippen LogP contribution in [0.1, 0.15) is 45.2 Å². The smallest absolute Gasteiger partial charge is 0.358 e. The summed E-state index contributed by atoms with van der Waals surface area (Å²) in [6.45, 7) is 4.67. The van der Waals surface area contributed by atoms with Gasteiger partial charge in [0.25, 0.3) is 0 Å². The van der Waals surface area contributed by atoms with Crippen LogP contribution in [0.25, 0.3) is 0 Å². The van der Waals surface area contributed by atoms with Gasteiger partial charge in [-0.1, -0.05) is 26.7 Å². The van der Waals surface area contributed by atoms with Crippen LogP contribution in [-0.2, 0) is 13.0 Å². The van der Waals surface area contributed by atoms with Gasteiger partial charge in [-0.3, -0.25) is 0 Å². The highest BCUT2D eigenvalue weighted by Crippen LogP contribution is 2.18. The Balaban J connectivity index is 2.84. The van der Waals surface area contributed by atoms with E-state index < -0.39 is 0 Å². The summed E-state index contributed by atoms with van der Waals surface area (Å²) < 4.78 is 1.41. The summed E-state index contributed by atoms with van der Waals surface area (Å²) in [5.41, 5.74) is 0.517. The van der Waals surface area contributed by atoms with Crippen LogP contribution in [0, 0.1) is 10.1 Å². The summed E-state index contributed by atoms with van der Waals surface area (Å²) in [4.78, 5) is 10.6. The van der Waals surface area contributed by atoms with Gasteiger partial charge in [0.2, 0.25) is 0 Å². The fraction of sp³-hybridized carbons (Fsp3) is 0.800. The molecule has 0 aromatic carbocycles. The van der Waals surface area contributed by atoms with E-state index >= 15 is 0 Å². The molecule has 1 heterocycles. The van der Waals surface area contributed by atoms with Crippen LogP contribution in [0.2, 0.25) is 0 Å². The van der Waals surface area contributed by atoms with E-state index in [0.29, 0.717) is 18.7 Å². The zero-order valence-electron chi connectivity index (χ0n) is 9.85. The molecule has 0 saturated heterocycles. The summed E-state index contributed by atoms with van der Waals surface area (Å²) in [5.74, 6) is 0.0712. The van der Waals surface area contributed by atoms with Crippen LogP contribution in [0.3, 0.4) is 0 Å². The quantitative estimate of drug-likeness (QED) is 0.528. The van der Waals surface area contributed by atoms with Gasteiger partial charge in [0, 0.05) is 11.6 Å². The van der Waals surface area contributed by atoms with E-state index in [2.05, 4.69) is 10.3 Å². The van der Waals surface area contributed by atoms with Gasteiger partial charge < -0.3 is 10.1 Å². The zero-order valence-corrected chi connectivity index (χ0v) is 9.85. The summed E-state index contributed by atoms with van der Waals surface area (Å²) >= 11 is 0. The molecule has 0 radical (unpaired) electrons. The average Bonchev–Trinajstić information content (AvgIpc) is 2.66. The van der Waals surface area contributed by atoms with E-state index in [0.717, 1.165) is 25.7 Å². The lowest BCUT2D eigenvalue weighted by Gasteiger charge is -1.99. The van der Waals surface area contributed by atoms with Crippen molar-refractivity contribution in [3.05, 3.63) is 15.8 Å². The molecule has 0 fully saturated rings. The van der Waals surface area contributed by atoms with Crippen LogP contribution < -0.4 is 0 Å². The molecule has 1 rings (SSSR count). The maximum Gasteiger partial charge on any atom is 0.368 e. The molecule has 0 N–H and O–H groups in total. The van der Waals surface area contributed by atoms with Crippen molar-refractivity contribution in [3.8, 4) is 0 Å². The van der Waals surface area contributed by atoms with Crippen LogP contribution >= 0.6 is 0 Å². The first-order chi connectivity index (χ1) is 7.70. The highest BCUT2D eigenvalue weighted by atomic mass is 16.6. The minimum absolute atomic E-state index is 0.0712. The summed E-state index contributed by atoms with van der Waals surface area (Å²) in [7, 11) is 0. The number of hydrogen-bond donors (Lipinski definition) is 0. The lowest BCUT2D eigenvalue weighted by molar-refractivity contribution is -0.393. The molecule has 1 aromatic heterocycles. The Morgan fingerprint density at radius 2 is 2.00 bits per heavy atom. The van der Waals surface area contributed by atoms with E-state index in [1.807, 2.05) is 13.8 Å². The lowest BCUT2D eigenvalue weighted by atomic mass is 10.2. The van der Waals surface area contributed by atoms with Gasteiger partial charge in [-0.2, -0.15) is 0 Å². The number of nitro groups is 1. The molecule has 0 spiro atoms. The fourth-order valence-electron chi connectivity index (χ4n) is 1.51. The third-order valence-corrected chi connectivity index (χ3v) is 2.44. The number of hydrogen-bond acceptors (Lipinski definition) is 4. The Morgan fingerprint density at radius 3 is 2.56 bits per heavy atom. The van der Waals surface area contributed by atoms with Crippen molar-refractivity contribution in [1.29, 1.82) is 0 Å². The Labute approximate surface area is 94.8 Å².